The van der Waals surface area contributed by atoms with Crippen LogP contribution in [0.5, 0.6) is 0 Å². The van der Waals surface area contributed by atoms with Gasteiger partial charge in [0.2, 0.25) is 11.8 Å². The molecular weight excluding hydrogens is 581 g/mol. The van der Waals surface area contributed by atoms with Crippen molar-refractivity contribution < 1.29 is 18.0 Å². The summed E-state index contributed by atoms with van der Waals surface area (Å²) in [6, 6.07) is 16.4. The number of nitrogens with zero attached hydrogens (tertiary/aromatic N) is 2. The molecule has 1 unspecified atom stereocenters. The van der Waals surface area contributed by atoms with Gasteiger partial charge >= 0.3 is 0 Å². The predicted octanol–water partition coefficient (Wildman–Crippen LogP) is 6.09. The third-order valence-corrected chi connectivity index (χ3v) is 8.68. The number of hydrogen-bond acceptors (Lipinski definition) is 4. The Labute approximate surface area is 244 Å². The van der Waals surface area contributed by atoms with Crippen LogP contribution in [0.4, 0.5) is 5.69 Å². The van der Waals surface area contributed by atoms with Crippen LogP contribution in [0.15, 0.2) is 71.6 Å². The minimum atomic E-state index is -4.18. The Bertz CT molecular complexity index is 1450. The molecule has 1 atom stereocenters. The van der Waals surface area contributed by atoms with E-state index in [9.17, 15) is 18.0 Å². The number of hydrogen-bond donors (Lipinski definition) is 1. The molecule has 2 amide bonds. The van der Waals surface area contributed by atoms with Crippen LogP contribution in [-0.2, 0) is 26.2 Å². The van der Waals surface area contributed by atoms with E-state index in [0.717, 1.165) is 9.87 Å². The van der Waals surface area contributed by atoms with Crippen LogP contribution in [0.2, 0.25) is 15.1 Å². The van der Waals surface area contributed by atoms with Crippen molar-refractivity contribution in [3.63, 3.8) is 0 Å². The highest BCUT2D eigenvalue weighted by Gasteiger charge is 2.32. The maximum absolute atomic E-state index is 13.9. The molecule has 39 heavy (non-hydrogen) atoms. The predicted molar refractivity (Wildman–Crippen MR) is 157 cm³/mol. The smallest absolute Gasteiger partial charge is 0.264 e. The summed E-state index contributed by atoms with van der Waals surface area (Å²) in [4.78, 5) is 28.2. The van der Waals surface area contributed by atoms with Crippen LogP contribution in [0.25, 0.3) is 0 Å². The fraction of sp³-hybridized carbons (Fsp3) is 0.286. The van der Waals surface area contributed by atoms with Crippen LogP contribution in [0.1, 0.15) is 31.9 Å². The number of carbonyl (C=O) groups excluding carboxylic acids is 2. The van der Waals surface area contributed by atoms with Gasteiger partial charge < -0.3 is 10.2 Å². The molecular formula is C28H30Cl3N3O4S. The molecule has 0 heterocycles. The van der Waals surface area contributed by atoms with Gasteiger partial charge in [-0.05, 0) is 87.4 Å². The van der Waals surface area contributed by atoms with Crippen molar-refractivity contribution in [2.24, 2.45) is 0 Å². The normalized spacial score (nSPS) is 12.2. The van der Waals surface area contributed by atoms with Crippen molar-refractivity contribution in [2.75, 3.05) is 10.8 Å². The van der Waals surface area contributed by atoms with E-state index in [4.69, 9.17) is 34.8 Å². The molecule has 7 nitrogen and oxygen atoms in total. The van der Waals surface area contributed by atoms with E-state index in [1.54, 1.807) is 43.3 Å². The van der Waals surface area contributed by atoms with Gasteiger partial charge in [0.25, 0.3) is 10.0 Å². The van der Waals surface area contributed by atoms with Gasteiger partial charge in [-0.15, -0.1) is 0 Å². The third-order valence-electron chi connectivity index (χ3n) is 5.91. The molecule has 0 aliphatic carbocycles. The zero-order valence-corrected chi connectivity index (χ0v) is 25.1. The Hall–Kier alpha value is -2.78. The SMILES string of the molecule is Cc1cccc(N(CC(=O)N(Cc2ccc(Cl)c(Cl)c2)C(C)C(=O)NC(C)C)S(=O)(=O)c2ccc(Cl)cc2)c1. The van der Waals surface area contributed by atoms with E-state index in [1.165, 1.54) is 29.2 Å². The average molecular weight is 611 g/mol. The topological polar surface area (TPSA) is 86.8 Å². The number of sulfonamides is 1. The summed E-state index contributed by atoms with van der Waals surface area (Å²) in [5.41, 5.74) is 1.75. The fourth-order valence-electron chi connectivity index (χ4n) is 3.87. The van der Waals surface area contributed by atoms with E-state index in [-0.39, 0.29) is 23.4 Å². The number of amides is 2. The van der Waals surface area contributed by atoms with Gasteiger partial charge in [0.1, 0.15) is 12.6 Å². The Kier molecular flexibility index (Phi) is 10.3. The summed E-state index contributed by atoms with van der Waals surface area (Å²) in [5, 5.41) is 3.84. The van der Waals surface area contributed by atoms with Gasteiger partial charge in [-0.25, -0.2) is 8.42 Å². The maximum Gasteiger partial charge on any atom is 0.264 e. The lowest BCUT2D eigenvalue weighted by Crippen LogP contribution is -2.52. The van der Waals surface area contributed by atoms with Crippen LogP contribution in [0, 0.1) is 6.92 Å². The largest absolute Gasteiger partial charge is 0.352 e. The molecule has 0 fully saturated rings. The third kappa shape index (κ3) is 7.88. The zero-order chi connectivity index (χ0) is 28.9. The van der Waals surface area contributed by atoms with Crippen LogP contribution in [-0.4, -0.2) is 43.8 Å². The van der Waals surface area contributed by atoms with E-state index in [0.29, 0.717) is 26.3 Å². The van der Waals surface area contributed by atoms with Gasteiger partial charge in [0.15, 0.2) is 0 Å². The zero-order valence-electron chi connectivity index (χ0n) is 22.0. The van der Waals surface area contributed by atoms with Gasteiger partial charge in [0, 0.05) is 17.6 Å². The molecule has 0 saturated carbocycles. The Balaban J connectivity index is 2.04. The van der Waals surface area contributed by atoms with Gasteiger partial charge in [-0.1, -0.05) is 53.0 Å². The lowest BCUT2D eigenvalue weighted by atomic mass is 10.1. The molecule has 0 bridgehead atoms. The lowest BCUT2D eigenvalue weighted by Gasteiger charge is -2.32. The number of nitrogens with one attached hydrogen (secondary N) is 1. The number of aryl methyl sites for hydroxylation is 1. The average Bonchev–Trinajstić information content (AvgIpc) is 2.87. The van der Waals surface area contributed by atoms with Crippen molar-refractivity contribution in [2.45, 2.75) is 51.2 Å². The summed E-state index contributed by atoms with van der Waals surface area (Å²) < 4.78 is 28.6. The highest BCUT2D eigenvalue weighted by atomic mass is 35.5. The Morgan fingerprint density at radius 2 is 1.56 bits per heavy atom. The standard InChI is InChI=1S/C28H30Cl3N3O4S/c1-18(2)32-28(36)20(4)33(16-21-8-13-25(30)26(31)15-21)27(35)17-34(23-7-5-6-19(3)14-23)39(37,38)24-11-9-22(29)10-12-24/h5-15,18,20H,16-17H2,1-4H3,(H,32,36). The van der Waals surface area contributed by atoms with E-state index in [2.05, 4.69) is 5.32 Å². The molecule has 3 aromatic rings. The molecule has 1 N–H and O–H groups in total. The second-order valence-corrected chi connectivity index (χ2v) is 12.5. The molecule has 11 heteroatoms. The van der Waals surface area contributed by atoms with Crippen LogP contribution >= 0.6 is 34.8 Å². The Morgan fingerprint density at radius 3 is 2.15 bits per heavy atom. The van der Waals surface area contributed by atoms with E-state index < -0.39 is 28.5 Å². The monoisotopic (exact) mass is 609 g/mol. The number of anilines is 1. The number of halogens is 3. The summed E-state index contributed by atoms with van der Waals surface area (Å²) >= 11 is 18.2. The first-order chi connectivity index (χ1) is 18.3. The van der Waals surface area contributed by atoms with Gasteiger partial charge in [0.05, 0.1) is 20.6 Å². The van der Waals surface area contributed by atoms with Gasteiger partial charge in [-0.3, -0.25) is 13.9 Å². The summed E-state index contributed by atoms with van der Waals surface area (Å²) in [7, 11) is -4.18. The minimum absolute atomic E-state index is 0.00501. The first-order valence-electron chi connectivity index (χ1n) is 12.2. The summed E-state index contributed by atoms with van der Waals surface area (Å²) in [6.07, 6.45) is 0. The van der Waals surface area contributed by atoms with E-state index >= 15 is 0 Å². The second-order valence-electron chi connectivity index (χ2n) is 9.41. The van der Waals surface area contributed by atoms with Crippen molar-refractivity contribution in [3.8, 4) is 0 Å². The molecule has 208 valence electrons. The quantitative estimate of drug-likeness (QED) is 0.301. The second kappa shape index (κ2) is 13.0. The highest BCUT2D eigenvalue weighted by molar-refractivity contribution is 7.92. The molecule has 3 rings (SSSR count). The summed E-state index contributed by atoms with van der Waals surface area (Å²) in [6.45, 7) is 6.51. The summed E-state index contributed by atoms with van der Waals surface area (Å²) in [5.74, 6) is -0.951. The highest BCUT2D eigenvalue weighted by Crippen LogP contribution is 2.27. The molecule has 0 aromatic heterocycles. The molecule has 0 aliphatic rings. The molecule has 0 aliphatic heterocycles. The van der Waals surface area contributed by atoms with Crippen molar-refractivity contribution in [1.29, 1.82) is 0 Å². The van der Waals surface area contributed by atoms with Crippen molar-refractivity contribution >= 4 is 62.3 Å². The fourth-order valence-corrected chi connectivity index (χ4v) is 5.72. The van der Waals surface area contributed by atoms with Gasteiger partial charge in [-0.2, -0.15) is 0 Å². The first kappa shape index (κ1) is 30.8. The van der Waals surface area contributed by atoms with E-state index in [1.807, 2.05) is 26.8 Å². The van der Waals surface area contributed by atoms with Crippen molar-refractivity contribution in [3.05, 3.63) is 92.9 Å². The van der Waals surface area contributed by atoms with Crippen LogP contribution < -0.4 is 9.62 Å². The molecule has 3 aromatic carbocycles. The maximum atomic E-state index is 13.9. The first-order valence-corrected chi connectivity index (χ1v) is 14.8. The molecule has 0 saturated heterocycles. The Morgan fingerprint density at radius 1 is 0.897 bits per heavy atom. The molecule has 0 spiro atoms. The number of carbonyl (C=O) groups is 2. The number of rotatable bonds is 10. The molecule has 0 radical (unpaired) electrons. The number of benzene rings is 3. The lowest BCUT2D eigenvalue weighted by molar-refractivity contribution is -0.139. The van der Waals surface area contributed by atoms with Crippen molar-refractivity contribution in [1.82, 2.24) is 10.2 Å². The minimum Gasteiger partial charge on any atom is -0.352 e. The van der Waals surface area contributed by atoms with Crippen LogP contribution in [0.3, 0.4) is 0 Å².